The molecule has 0 saturated carbocycles. The fourth-order valence-corrected chi connectivity index (χ4v) is 0.849. The lowest BCUT2D eigenvalue weighted by Gasteiger charge is -2.25. The molecular formula is C6H10N2O2. The van der Waals surface area contributed by atoms with Gasteiger partial charge in [0.25, 0.3) is 0 Å². The third-order valence-electron chi connectivity index (χ3n) is 1.31. The summed E-state index contributed by atoms with van der Waals surface area (Å²) in [5.41, 5.74) is -0.605. The zero-order valence-corrected chi connectivity index (χ0v) is 6.29. The lowest BCUT2D eigenvalue weighted by Crippen LogP contribution is -2.40. The van der Waals surface area contributed by atoms with Gasteiger partial charge in [0, 0.05) is 6.92 Å². The van der Waals surface area contributed by atoms with Crippen molar-refractivity contribution >= 4 is 12.3 Å². The van der Waals surface area contributed by atoms with Gasteiger partial charge in [-0.15, -0.1) is 5.10 Å². The second-order valence-corrected chi connectivity index (χ2v) is 2.62. The van der Waals surface area contributed by atoms with Gasteiger partial charge in [0.05, 0.1) is 0 Å². The van der Waals surface area contributed by atoms with Crippen molar-refractivity contribution in [3.8, 4) is 0 Å². The molecule has 1 rings (SSSR count). The van der Waals surface area contributed by atoms with E-state index in [-0.39, 0.29) is 5.91 Å². The SMILES string of the molecule is CC(=O)N1N=COC1(C)C. The fourth-order valence-electron chi connectivity index (χ4n) is 0.849. The van der Waals surface area contributed by atoms with Crippen LogP contribution < -0.4 is 0 Å². The summed E-state index contributed by atoms with van der Waals surface area (Å²) in [7, 11) is 0. The summed E-state index contributed by atoms with van der Waals surface area (Å²) in [5.74, 6) is -0.112. The molecule has 0 bridgehead atoms. The Bertz CT molecular complexity index is 186. The van der Waals surface area contributed by atoms with Gasteiger partial charge in [0.1, 0.15) is 0 Å². The summed E-state index contributed by atoms with van der Waals surface area (Å²) in [4.78, 5) is 10.8. The van der Waals surface area contributed by atoms with E-state index < -0.39 is 5.72 Å². The van der Waals surface area contributed by atoms with Gasteiger partial charge < -0.3 is 4.74 Å². The van der Waals surface area contributed by atoms with E-state index in [4.69, 9.17) is 4.74 Å². The van der Waals surface area contributed by atoms with Crippen molar-refractivity contribution in [2.75, 3.05) is 0 Å². The third-order valence-corrected chi connectivity index (χ3v) is 1.31. The smallest absolute Gasteiger partial charge is 0.243 e. The van der Waals surface area contributed by atoms with Crippen molar-refractivity contribution < 1.29 is 9.53 Å². The van der Waals surface area contributed by atoms with Crippen LogP contribution in [0, 0.1) is 0 Å². The molecule has 1 aliphatic rings. The summed E-state index contributed by atoms with van der Waals surface area (Å²) in [6, 6.07) is 0. The Morgan fingerprint density at radius 1 is 1.70 bits per heavy atom. The van der Waals surface area contributed by atoms with Crippen LogP contribution in [0.4, 0.5) is 0 Å². The average Bonchev–Trinajstić information content (AvgIpc) is 2.08. The van der Waals surface area contributed by atoms with E-state index in [9.17, 15) is 4.79 Å². The first kappa shape index (κ1) is 7.05. The second-order valence-electron chi connectivity index (χ2n) is 2.62. The van der Waals surface area contributed by atoms with Crippen molar-refractivity contribution in [3.05, 3.63) is 0 Å². The number of ether oxygens (including phenoxy) is 1. The minimum atomic E-state index is -0.605. The van der Waals surface area contributed by atoms with E-state index in [0.717, 1.165) is 0 Å². The summed E-state index contributed by atoms with van der Waals surface area (Å²) < 4.78 is 5.03. The van der Waals surface area contributed by atoms with Gasteiger partial charge in [-0.1, -0.05) is 0 Å². The predicted octanol–water partition coefficient (Wildman–Crippen LogP) is 0.544. The van der Waals surface area contributed by atoms with Crippen LogP contribution in [-0.2, 0) is 9.53 Å². The van der Waals surface area contributed by atoms with Crippen LogP contribution in [-0.4, -0.2) is 23.0 Å². The lowest BCUT2D eigenvalue weighted by atomic mass is 10.3. The van der Waals surface area contributed by atoms with Crippen molar-refractivity contribution in [2.24, 2.45) is 5.10 Å². The quantitative estimate of drug-likeness (QED) is 0.495. The Morgan fingerprint density at radius 2 is 2.30 bits per heavy atom. The summed E-state index contributed by atoms with van der Waals surface area (Å²) >= 11 is 0. The van der Waals surface area contributed by atoms with Gasteiger partial charge in [-0.05, 0) is 13.8 Å². The van der Waals surface area contributed by atoms with Crippen LogP contribution >= 0.6 is 0 Å². The molecule has 0 unspecified atom stereocenters. The number of amides is 1. The molecule has 4 heteroatoms. The normalized spacial score (nSPS) is 20.9. The highest BCUT2D eigenvalue weighted by molar-refractivity contribution is 5.75. The van der Waals surface area contributed by atoms with Crippen molar-refractivity contribution in [1.29, 1.82) is 0 Å². The first-order valence-electron chi connectivity index (χ1n) is 3.05. The van der Waals surface area contributed by atoms with Crippen LogP contribution in [0.3, 0.4) is 0 Å². The molecule has 0 aromatic heterocycles. The monoisotopic (exact) mass is 142 g/mol. The van der Waals surface area contributed by atoms with E-state index in [2.05, 4.69) is 5.10 Å². The minimum Gasteiger partial charge on any atom is -0.454 e. The molecule has 56 valence electrons. The molecule has 0 aromatic carbocycles. The molecule has 0 saturated heterocycles. The van der Waals surface area contributed by atoms with Gasteiger partial charge in [0.2, 0.25) is 11.6 Å². The Kier molecular flexibility index (Phi) is 1.39. The topological polar surface area (TPSA) is 41.9 Å². The molecule has 1 amide bonds. The van der Waals surface area contributed by atoms with Crippen LogP contribution in [0.2, 0.25) is 0 Å². The molecule has 0 aromatic rings. The van der Waals surface area contributed by atoms with Gasteiger partial charge in [-0.2, -0.15) is 5.01 Å². The molecule has 0 spiro atoms. The molecule has 0 N–H and O–H groups in total. The highest BCUT2D eigenvalue weighted by atomic mass is 16.5. The zero-order chi connectivity index (χ0) is 7.78. The van der Waals surface area contributed by atoms with Gasteiger partial charge >= 0.3 is 0 Å². The minimum absolute atomic E-state index is 0.112. The van der Waals surface area contributed by atoms with E-state index in [1.165, 1.54) is 18.3 Å². The van der Waals surface area contributed by atoms with Crippen LogP contribution in [0.5, 0.6) is 0 Å². The van der Waals surface area contributed by atoms with Gasteiger partial charge in [-0.3, -0.25) is 4.79 Å². The summed E-state index contributed by atoms with van der Waals surface area (Å²) in [5, 5.41) is 5.02. The van der Waals surface area contributed by atoms with Crippen LogP contribution in [0.1, 0.15) is 20.8 Å². The zero-order valence-electron chi connectivity index (χ0n) is 6.29. The van der Waals surface area contributed by atoms with Crippen molar-refractivity contribution in [1.82, 2.24) is 5.01 Å². The maximum atomic E-state index is 10.8. The molecule has 0 atom stereocenters. The number of hydrogen-bond donors (Lipinski definition) is 0. The lowest BCUT2D eigenvalue weighted by molar-refractivity contribution is -0.142. The molecule has 0 radical (unpaired) electrons. The first-order valence-corrected chi connectivity index (χ1v) is 3.05. The maximum absolute atomic E-state index is 10.8. The number of carbonyl (C=O) groups is 1. The Balaban J connectivity index is 2.77. The molecule has 1 heterocycles. The highest BCUT2D eigenvalue weighted by Gasteiger charge is 2.33. The highest BCUT2D eigenvalue weighted by Crippen LogP contribution is 2.19. The van der Waals surface area contributed by atoms with E-state index in [1.54, 1.807) is 13.8 Å². The van der Waals surface area contributed by atoms with Crippen molar-refractivity contribution in [3.63, 3.8) is 0 Å². The second kappa shape index (κ2) is 1.97. The summed E-state index contributed by atoms with van der Waals surface area (Å²) in [6.07, 6.45) is 1.28. The Morgan fingerprint density at radius 3 is 2.50 bits per heavy atom. The molecule has 10 heavy (non-hydrogen) atoms. The average molecular weight is 142 g/mol. The summed E-state index contributed by atoms with van der Waals surface area (Å²) in [6.45, 7) is 5.01. The Hall–Kier alpha value is -1.06. The number of hydrogen-bond acceptors (Lipinski definition) is 3. The maximum Gasteiger partial charge on any atom is 0.243 e. The molecule has 0 fully saturated rings. The number of nitrogens with zero attached hydrogens (tertiary/aromatic N) is 2. The van der Waals surface area contributed by atoms with Crippen molar-refractivity contribution in [2.45, 2.75) is 26.5 Å². The van der Waals surface area contributed by atoms with E-state index in [1.807, 2.05) is 0 Å². The van der Waals surface area contributed by atoms with E-state index >= 15 is 0 Å². The first-order chi connectivity index (χ1) is 4.54. The number of hydrazone groups is 1. The van der Waals surface area contributed by atoms with Crippen LogP contribution in [0.25, 0.3) is 0 Å². The number of rotatable bonds is 0. The molecule has 1 aliphatic heterocycles. The molecular weight excluding hydrogens is 132 g/mol. The van der Waals surface area contributed by atoms with E-state index in [0.29, 0.717) is 0 Å². The fraction of sp³-hybridized carbons (Fsp3) is 0.667. The largest absolute Gasteiger partial charge is 0.454 e. The standard InChI is InChI=1S/C6H10N2O2/c1-5(9)8-6(2,3)10-4-7-8/h4H,1-3H3. The van der Waals surface area contributed by atoms with Crippen LogP contribution in [0.15, 0.2) is 5.10 Å². The molecule has 4 nitrogen and oxygen atoms in total. The van der Waals surface area contributed by atoms with Gasteiger partial charge in [-0.25, -0.2) is 0 Å². The number of carbonyl (C=O) groups excluding carboxylic acids is 1. The van der Waals surface area contributed by atoms with Gasteiger partial charge in [0.15, 0.2) is 6.40 Å². The third kappa shape index (κ3) is 0.964. The Labute approximate surface area is 59.5 Å². The predicted molar refractivity (Wildman–Crippen MR) is 36.2 cm³/mol. The molecule has 0 aliphatic carbocycles.